The predicted molar refractivity (Wildman–Crippen MR) is 104 cm³/mol. The molecule has 3 nitrogen and oxygen atoms in total. The SMILES string of the molecule is CC1(C)[C@H]2CC[C@@]1(C)[C@@H]1O[C@H](O[C@@H]3C[C@@H]4[C@H]5CC[C@@](C)([C@H]4O3)C5(C)C)C[C@@H]12. The molecule has 0 aromatic heterocycles. The van der Waals surface area contributed by atoms with Crippen LogP contribution < -0.4 is 0 Å². The summed E-state index contributed by atoms with van der Waals surface area (Å²) in [5.74, 6) is 3.00. The molecule has 2 saturated heterocycles. The van der Waals surface area contributed by atoms with Crippen molar-refractivity contribution in [3.05, 3.63) is 0 Å². The summed E-state index contributed by atoms with van der Waals surface area (Å²) >= 11 is 0. The maximum atomic E-state index is 6.58. The molecule has 6 aliphatic rings. The van der Waals surface area contributed by atoms with Crippen molar-refractivity contribution in [1.82, 2.24) is 0 Å². The van der Waals surface area contributed by atoms with Crippen molar-refractivity contribution in [2.75, 3.05) is 0 Å². The van der Waals surface area contributed by atoms with Gasteiger partial charge in [-0.2, -0.15) is 0 Å². The lowest BCUT2D eigenvalue weighted by atomic mass is 9.70. The Morgan fingerprint density at radius 1 is 0.667 bits per heavy atom. The molecule has 0 radical (unpaired) electrons. The second kappa shape index (κ2) is 4.95. The van der Waals surface area contributed by atoms with Crippen LogP contribution in [0.2, 0.25) is 0 Å². The van der Waals surface area contributed by atoms with Gasteiger partial charge in [0.2, 0.25) is 0 Å². The third kappa shape index (κ3) is 1.83. The molecule has 6 fully saturated rings. The first-order chi connectivity index (χ1) is 12.6. The van der Waals surface area contributed by atoms with Gasteiger partial charge in [-0.05, 0) is 71.0 Å². The molecular weight excluding hydrogens is 336 g/mol. The standard InChI is InChI=1S/C24H38O3/c1-21(2)15-7-9-23(21,5)19-13(15)11-17(26-19)25-18-12-14-16-8-10-24(6,20(14)27-18)22(16,3)4/h13-20H,7-12H2,1-6H3/t13-,14-,15-,16+,17+,18+,19+,20-,23+,24+/m1/s1. The molecule has 0 unspecified atom stereocenters. The lowest BCUT2D eigenvalue weighted by Gasteiger charge is -2.39. The lowest BCUT2D eigenvalue weighted by molar-refractivity contribution is -0.252. The van der Waals surface area contributed by atoms with E-state index in [0.29, 0.717) is 45.7 Å². The van der Waals surface area contributed by atoms with Crippen LogP contribution in [0.3, 0.4) is 0 Å². The zero-order chi connectivity index (χ0) is 19.0. The molecule has 10 atom stereocenters. The van der Waals surface area contributed by atoms with Crippen LogP contribution in [0.25, 0.3) is 0 Å². The number of ether oxygens (including phenoxy) is 3. The molecule has 0 aromatic rings. The van der Waals surface area contributed by atoms with E-state index >= 15 is 0 Å². The third-order valence-electron chi connectivity index (χ3n) is 11.6. The van der Waals surface area contributed by atoms with Crippen molar-refractivity contribution in [2.45, 2.75) is 105 Å². The van der Waals surface area contributed by atoms with Gasteiger partial charge in [0.15, 0.2) is 12.6 Å². The maximum absolute atomic E-state index is 6.58. The highest BCUT2D eigenvalue weighted by Crippen LogP contribution is 2.72. The van der Waals surface area contributed by atoms with E-state index < -0.39 is 0 Å². The minimum atomic E-state index is -0.0432. The number of fused-ring (bicyclic) bond motifs is 10. The van der Waals surface area contributed by atoms with E-state index in [2.05, 4.69) is 41.5 Å². The Hall–Kier alpha value is -0.120. The minimum absolute atomic E-state index is 0.0432. The highest BCUT2D eigenvalue weighted by Gasteiger charge is 2.71. The summed E-state index contributed by atoms with van der Waals surface area (Å²) in [6.45, 7) is 14.8. The van der Waals surface area contributed by atoms with Gasteiger partial charge in [0.25, 0.3) is 0 Å². The summed E-state index contributed by atoms with van der Waals surface area (Å²) < 4.78 is 19.6. The number of rotatable bonds is 2. The summed E-state index contributed by atoms with van der Waals surface area (Å²) in [4.78, 5) is 0. The fraction of sp³-hybridized carbons (Fsp3) is 1.00. The molecule has 27 heavy (non-hydrogen) atoms. The van der Waals surface area contributed by atoms with Crippen LogP contribution in [0.1, 0.15) is 80.1 Å². The molecule has 4 saturated carbocycles. The Kier molecular flexibility index (Phi) is 3.25. The predicted octanol–water partition coefficient (Wildman–Crippen LogP) is 5.38. The first-order valence-corrected chi connectivity index (χ1v) is 11.6. The monoisotopic (exact) mass is 374 g/mol. The summed E-state index contributed by atoms with van der Waals surface area (Å²) in [7, 11) is 0. The lowest BCUT2D eigenvalue weighted by Crippen LogP contribution is -2.39. The van der Waals surface area contributed by atoms with Crippen molar-refractivity contribution in [3.8, 4) is 0 Å². The van der Waals surface area contributed by atoms with Crippen LogP contribution in [0.4, 0.5) is 0 Å². The van der Waals surface area contributed by atoms with E-state index in [0.717, 1.165) is 24.7 Å². The highest BCUT2D eigenvalue weighted by atomic mass is 16.8. The highest BCUT2D eigenvalue weighted by molar-refractivity contribution is 5.18. The molecule has 0 amide bonds. The van der Waals surface area contributed by atoms with Crippen molar-refractivity contribution in [2.24, 2.45) is 45.3 Å². The second-order valence-electron chi connectivity index (χ2n) is 12.5. The average Bonchev–Trinajstić information content (AvgIpc) is 3.33. The smallest absolute Gasteiger partial charge is 0.161 e. The summed E-state index contributed by atoms with van der Waals surface area (Å²) in [5, 5.41) is 0. The van der Waals surface area contributed by atoms with E-state index in [1.807, 2.05) is 0 Å². The fourth-order valence-corrected chi connectivity index (χ4v) is 9.31. The Bertz CT molecular complexity index is 615. The van der Waals surface area contributed by atoms with Gasteiger partial charge in [0.1, 0.15) is 0 Å². The van der Waals surface area contributed by atoms with E-state index in [1.165, 1.54) is 25.7 Å². The molecule has 0 N–H and O–H groups in total. The second-order valence-corrected chi connectivity index (χ2v) is 12.5. The fourth-order valence-electron chi connectivity index (χ4n) is 9.31. The number of hydrogen-bond donors (Lipinski definition) is 0. The third-order valence-corrected chi connectivity index (χ3v) is 11.6. The van der Waals surface area contributed by atoms with Gasteiger partial charge in [-0.3, -0.25) is 0 Å². The molecule has 2 aliphatic heterocycles. The van der Waals surface area contributed by atoms with Gasteiger partial charge in [0, 0.05) is 12.8 Å². The summed E-state index contributed by atoms with van der Waals surface area (Å²) in [6, 6.07) is 0. The summed E-state index contributed by atoms with van der Waals surface area (Å²) in [6.07, 6.45) is 8.24. The molecule has 4 bridgehead atoms. The van der Waals surface area contributed by atoms with Crippen molar-refractivity contribution in [1.29, 1.82) is 0 Å². The molecule has 0 aromatic carbocycles. The van der Waals surface area contributed by atoms with Gasteiger partial charge in [-0.15, -0.1) is 0 Å². The van der Waals surface area contributed by atoms with Crippen LogP contribution in [0.15, 0.2) is 0 Å². The largest absolute Gasteiger partial charge is 0.348 e. The normalized spacial score (nSPS) is 61.6. The quantitative estimate of drug-likeness (QED) is 0.650. The molecular formula is C24H38O3. The first kappa shape index (κ1) is 17.7. The Labute approximate surface area is 164 Å². The van der Waals surface area contributed by atoms with Gasteiger partial charge in [0.05, 0.1) is 12.2 Å². The van der Waals surface area contributed by atoms with Gasteiger partial charge in [-0.25, -0.2) is 0 Å². The van der Waals surface area contributed by atoms with Crippen LogP contribution >= 0.6 is 0 Å². The minimum Gasteiger partial charge on any atom is -0.348 e. The zero-order valence-electron chi connectivity index (χ0n) is 18.1. The van der Waals surface area contributed by atoms with Crippen LogP contribution in [0.5, 0.6) is 0 Å². The zero-order valence-corrected chi connectivity index (χ0v) is 18.1. The molecule has 152 valence electrons. The van der Waals surface area contributed by atoms with Crippen LogP contribution in [-0.4, -0.2) is 24.8 Å². The van der Waals surface area contributed by atoms with Gasteiger partial charge < -0.3 is 14.2 Å². The average molecular weight is 375 g/mol. The van der Waals surface area contributed by atoms with Crippen LogP contribution in [0, 0.1) is 45.3 Å². The van der Waals surface area contributed by atoms with E-state index in [9.17, 15) is 0 Å². The Morgan fingerprint density at radius 3 is 1.44 bits per heavy atom. The molecule has 6 rings (SSSR count). The first-order valence-electron chi connectivity index (χ1n) is 11.6. The van der Waals surface area contributed by atoms with E-state index in [4.69, 9.17) is 14.2 Å². The van der Waals surface area contributed by atoms with E-state index in [1.54, 1.807) is 0 Å². The maximum Gasteiger partial charge on any atom is 0.161 e. The van der Waals surface area contributed by atoms with Crippen molar-refractivity contribution < 1.29 is 14.2 Å². The van der Waals surface area contributed by atoms with Crippen molar-refractivity contribution >= 4 is 0 Å². The van der Waals surface area contributed by atoms with Gasteiger partial charge >= 0.3 is 0 Å². The van der Waals surface area contributed by atoms with E-state index in [-0.39, 0.29) is 12.6 Å². The molecule has 4 aliphatic carbocycles. The number of hydrogen-bond acceptors (Lipinski definition) is 3. The topological polar surface area (TPSA) is 27.7 Å². The molecule has 3 heteroatoms. The molecule has 0 spiro atoms. The molecule has 2 heterocycles. The van der Waals surface area contributed by atoms with Gasteiger partial charge in [-0.1, -0.05) is 41.5 Å². The van der Waals surface area contributed by atoms with Crippen LogP contribution in [-0.2, 0) is 14.2 Å². The Balaban J connectivity index is 1.15. The summed E-state index contributed by atoms with van der Waals surface area (Å²) in [5.41, 5.74) is 1.47. The van der Waals surface area contributed by atoms with Crippen molar-refractivity contribution in [3.63, 3.8) is 0 Å². The Morgan fingerprint density at radius 2 is 1.07 bits per heavy atom.